The summed E-state index contributed by atoms with van der Waals surface area (Å²) in [5.74, 6) is -0.188. The molecule has 2 aromatic rings. The third-order valence-electron chi connectivity index (χ3n) is 3.74. The zero-order chi connectivity index (χ0) is 13.9. The van der Waals surface area contributed by atoms with Gasteiger partial charge in [-0.15, -0.1) is 0 Å². The predicted molar refractivity (Wildman–Crippen MR) is 78.4 cm³/mol. The lowest BCUT2D eigenvalue weighted by molar-refractivity contribution is 0.0929. The molecule has 1 aliphatic rings. The number of carbonyl (C=O) groups excluding carboxylic acids is 1. The van der Waals surface area contributed by atoms with Crippen molar-refractivity contribution in [3.63, 3.8) is 0 Å². The Morgan fingerprint density at radius 1 is 1.20 bits per heavy atom. The second-order valence-electron chi connectivity index (χ2n) is 5.12. The van der Waals surface area contributed by atoms with Crippen molar-refractivity contribution in [2.45, 2.75) is 25.3 Å². The Hall–Kier alpha value is -2.36. The molecule has 102 valence electrons. The molecule has 1 aliphatic carbocycles. The number of amides is 1. The van der Waals surface area contributed by atoms with Crippen molar-refractivity contribution in [2.24, 2.45) is 0 Å². The van der Waals surface area contributed by atoms with Crippen LogP contribution in [0.3, 0.4) is 0 Å². The quantitative estimate of drug-likeness (QED) is 0.874. The zero-order valence-electron chi connectivity index (χ0n) is 11.2. The van der Waals surface area contributed by atoms with Crippen molar-refractivity contribution in [3.8, 4) is 0 Å². The van der Waals surface area contributed by atoms with Gasteiger partial charge in [-0.25, -0.2) is 4.98 Å². The number of nitrogens with two attached hydrogens (primary N) is 1. The number of hydrogen-bond acceptors (Lipinski definition) is 3. The normalized spacial score (nSPS) is 17.3. The van der Waals surface area contributed by atoms with E-state index in [4.69, 9.17) is 5.73 Å². The van der Waals surface area contributed by atoms with Gasteiger partial charge in [0, 0.05) is 12.2 Å². The standard InChI is InChI=1S/C16H17N3O/c17-14-6-3-9-18-15(14)16(20)19-13-8-7-11-4-1-2-5-12(11)10-13/h1-6,9,13H,7-8,10,17H2,(H,19,20). The highest BCUT2D eigenvalue weighted by Crippen LogP contribution is 2.21. The number of aryl methyl sites for hydroxylation is 1. The number of carbonyl (C=O) groups is 1. The largest absolute Gasteiger partial charge is 0.397 e. The maximum Gasteiger partial charge on any atom is 0.272 e. The van der Waals surface area contributed by atoms with Gasteiger partial charge >= 0.3 is 0 Å². The molecule has 1 amide bonds. The lowest BCUT2D eigenvalue weighted by Gasteiger charge is -2.25. The van der Waals surface area contributed by atoms with Gasteiger partial charge < -0.3 is 11.1 Å². The third-order valence-corrected chi connectivity index (χ3v) is 3.74. The van der Waals surface area contributed by atoms with Crippen molar-refractivity contribution >= 4 is 11.6 Å². The van der Waals surface area contributed by atoms with Gasteiger partial charge in [-0.05, 0) is 42.5 Å². The molecule has 0 saturated heterocycles. The third kappa shape index (κ3) is 2.50. The summed E-state index contributed by atoms with van der Waals surface area (Å²) in [6.07, 6.45) is 4.41. The monoisotopic (exact) mass is 267 g/mol. The van der Waals surface area contributed by atoms with Gasteiger partial charge in [0.2, 0.25) is 0 Å². The molecule has 0 saturated carbocycles. The van der Waals surface area contributed by atoms with E-state index in [1.54, 1.807) is 18.3 Å². The first-order valence-corrected chi connectivity index (χ1v) is 6.82. The van der Waals surface area contributed by atoms with Gasteiger partial charge in [-0.2, -0.15) is 0 Å². The molecule has 1 heterocycles. The van der Waals surface area contributed by atoms with E-state index in [-0.39, 0.29) is 11.9 Å². The van der Waals surface area contributed by atoms with Crippen LogP contribution >= 0.6 is 0 Å². The minimum absolute atomic E-state index is 0.152. The van der Waals surface area contributed by atoms with Crippen LogP contribution in [0.25, 0.3) is 0 Å². The molecule has 0 spiro atoms. The summed E-state index contributed by atoms with van der Waals surface area (Å²) < 4.78 is 0. The van der Waals surface area contributed by atoms with Crippen LogP contribution in [0.1, 0.15) is 28.0 Å². The number of nitrogen functional groups attached to an aromatic ring is 1. The Balaban J connectivity index is 1.71. The number of fused-ring (bicyclic) bond motifs is 1. The average Bonchev–Trinajstić information content (AvgIpc) is 2.47. The van der Waals surface area contributed by atoms with Gasteiger partial charge in [0.15, 0.2) is 5.69 Å². The average molecular weight is 267 g/mol. The van der Waals surface area contributed by atoms with Crippen LogP contribution in [0, 0.1) is 0 Å². The number of aromatic nitrogens is 1. The minimum atomic E-state index is -0.188. The van der Waals surface area contributed by atoms with E-state index in [1.807, 2.05) is 6.07 Å². The van der Waals surface area contributed by atoms with Crippen LogP contribution in [0.15, 0.2) is 42.6 Å². The molecule has 3 N–H and O–H groups in total. The fraction of sp³-hybridized carbons (Fsp3) is 0.250. The molecule has 0 aliphatic heterocycles. The smallest absolute Gasteiger partial charge is 0.272 e. The van der Waals surface area contributed by atoms with Crippen LogP contribution in [0.4, 0.5) is 5.69 Å². The lowest BCUT2D eigenvalue weighted by Crippen LogP contribution is -2.39. The Bertz CT molecular complexity index is 639. The van der Waals surface area contributed by atoms with Crippen LogP contribution in [0.5, 0.6) is 0 Å². The molecule has 0 fully saturated rings. The van der Waals surface area contributed by atoms with E-state index < -0.39 is 0 Å². The number of anilines is 1. The first-order chi connectivity index (χ1) is 9.74. The molecule has 3 rings (SSSR count). The number of benzene rings is 1. The second-order valence-corrected chi connectivity index (χ2v) is 5.12. The number of nitrogens with one attached hydrogen (secondary N) is 1. The van der Waals surface area contributed by atoms with Crippen LogP contribution in [0.2, 0.25) is 0 Å². The van der Waals surface area contributed by atoms with Crippen molar-refractivity contribution in [1.29, 1.82) is 0 Å². The molecule has 20 heavy (non-hydrogen) atoms. The highest BCUT2D eigenvalue weighted by Gasteiger charge is 2.21. The maximum absolute atomic E-state index is 12.2. The zero-order valence-corrected chi connectivity index (χ0v) is 11.2. The topological polar surface area (TPSA) is 68.0 Å². The molecule has 1 aromatic heterocycles. The second kappa shape index (κ2) is 5.33. The summed E-state index contributed by atoms with van der Waals surface area (Å²) in [6, 6.07) is 12.0. The van der Waals surface area contributed by atoms with Gasteiger partial charge in [-0.3, -0.25) is 4.79 Å². The van der Waals surface area contributed by atoms with E-state index in [0.717, 1.165) is 19.3 Å². The highest BCUT2D eigenvalue weighted by molar-refractivity contribution is 5.97. The van der Waals surface area contributed by atoms with E-state index >= 15 is 0 Å². The van der Waals surface area contributed by atoms with Gasteiger partial charge in [0.25, 0.3) is 5.91 Å². The van der Waals surface area contributed by atoms with Crippen molar-refractivity contribution in [3.05, 3.63) is 59.4 Å². The Kier molecular flexibility index (Phi) is 3.37. The molecule has 0 radical (unpaired) electrons. The van der Waals surface area contributed by atoms with Crippen LogP contribution < -0.4 is 11.1 Å². The van der Waals surface area contributed by atoms with Crippen LogP contribution in [-0.2, 0) is 12.8 Å². The Morgan fingerprint density at radius 3 is 2.80 bits per heavy atom. The van der Waals surface area contributed by atoms with E-state index in [1.165, 1.54) is 11.1 Å². The van der Waals surface area contributed by atoms with E-state index in [2.05, 4.69) is 28.5 Å². The molecule has 4 heteroatoms. The van der Waals surface area contributed by atoms with E-state index in [0.29, 0.717) is 11.4 Å². The Labute approximate surface area is 118 Å². The molecule has 1 atom stereocenters. The number of pyridine rings is 1. The summed E-state index contributed by atoms with van der Waals surface area (Å²) in [4.78, 5) is 16.2. The SMILES string of the molecule is Nc1cccnc1C(=O)NC1CCc2ccccc2C1. The predicted octanol–water partition coefficient (Wildman–Crippen LogP) is 1.95. The van der Waals surface area contributed by atoms with Crippen molar-refractivity contribution in [1.82, 2.24) is 10.3 Å². The van der Waals surface area contributed by atoms with Crippen molar-refractivity contribution < 1.29 is 4.79 Å². The highest BCUT2D eigenvalue weighted by atomic mass is 16.1. The minimum Gasteiger partial charge on any atom is -0.397 e. The number of nitrogens with zero attached hydrogens (tertiary/aromatic N) is 1. The van der Waals surface area contributed by atoms with Crippen LogP contribution in [-0.4, -0.2) is 16.9 Å². The van der Waals surface area contributed by atoms with Crippen molar-refractivity contribution in [2.75, 3.05) is 5.73 Å². The maximum atomic E-state index is 12.2. The molecule has 1 unspecified atom stereocenters. The summed E-state index contributed by atoms with van der Waals surface area (Å²) in [5, 5.41) is 3.04. The number of rotatable bonds is 2. The van der Waals surface area contributed by atoms with Gasteiger partial charge in [0.05, 0.1) is 5.69 Å². The lowest BCUT2D eigenvalue weighted by atomic mass is 9.88. The Morgan fingerprint density at radius 2 is 2.00 bits per heavy atom. The molecular formula is C16H17N3O. The van der Waals surface area contributed by atoms with Gasteiger partial charge in [0.1, 0.15) is 0 Å². The number of hydrogen-bond donors (Lipinski definition) is 2. The fourth-order valence-corrected chi connectivity index (χ4v) is 2.68. The molecule has 0 bridgehead atoms. The summed E-state index contributed by atoms with van der Waals surface area (Å²) in [5.41, 5.74) is 9.21. The molecular weight excluding hydrogens is 250 g/mol. The summed E-state index contributed by atoms with van der Waals surface area (Å²) in [7, 11) is 0. The first-order valence-electron chi connectivity index (χ1n) is 6.82. The molecule has 1 aromatic carbocycles. The summed E-state index contributed by atoms with van der Waals surface area (Å²) in [6.45, 7) is 0. The first kappa shape index (κ1) is 12.7. The van der Waals surface area contributed by atoms with E-state index in [9.17, 15) is 4.79 Å². The molecule has 4 nitrogen and oxygen atoms in total. The van der Waals surface area contributed by atoms with Gasteiger partial charge in [-0.1, -0.05) is 24.3 Å². The summed E-state index contributed by atoms with van der Waals surface area (Å²) >= 11 is 0. The fourth-order valence-electron chi connectivity index (χ4n) is 2.68.